The second kappa shape index (κ2) is 5.22. The highest BCUT2D eigenvalue weighted by Crippen LogP contribution is 2.36. The Kier molecular flexibility index (Phi) is 3.44. The normalized spacial score (nSPS) is 20.1. The van der Waals surface area contributed by atoms with E-state index in [1.807, 2.05) is 30.0 Å². The third-order valence-electron chi connectivity index (χ3n) is 3.08. The van der Waals surface area contributed by atoms with E-state index in [0.29, 0.717) is 11.7 Å². The number of esters is 1. The molecule has 19 heavy (non-hydrogen) atoms. The van der Waals surface area contributed by atoms with Crippen molar-refractivity contribution in [3.05, 3.63) is 23.8 Å². The number of rotatable bonds is 3. The van der Waals surface area contributed by atoms with E-state index in [1.54, 1.807) is 0 Å². The van der Waals surface area contributed by atoms with Crippen LogP contribution >= 0.6 is 11.8 Å². The van der Waals surface area contributed by atoms with Gasteiger partial charge in [0.05, 0.1) is 5.71 Å². The Morgan fingerprint density at radius 3 is 3.32 bits per heavy atom. The van der Waals surface area contributed by atoms with Crippen molar-refractivity contribution in [2.75, 3.05) is 26.0 Å². The number of carbonyl (C=O) groups is 1. The van der Waals surface area contributed by atoms with Gasteiger partial charge in [0.1, 0.15) is 12.4 Å². The summed E-state index contributed by atoms with van der Waals surface area (Å²) in [6, 6.07) is 5.67. The van der Waals surface area contributed by atoms with Crippen LogP contribution in [-0.2, 0) is 9.53 Å². The zero-order chi connectivity index (χ0) is 13.2. The molecule has 0 aliphatic carbocycles. The van der Waals surface area contributed by atoms with Crippen molar-refractivity contribution in [3.8, 4) is 5.75 Å². The molecule has 1 atom stereocenters. The van der Waals surface area contributed by atoms with Crippen molar-refractivity contribution in [1.82, 2.24) is 5.43 Å². The zero-order valence-corrected chi connectivity index (χ0v) is 11.3. The summed E-state index contributed by atoms with van der Waals surface area (Å²) in [5.74, 6) is 1.63. The van der Waals surface area contributed by atoms with Crippen molar-refractivity contribution in [2.45, 2.75) is 4.90 Å². The van der Waals surface area contributed by atoms with Crippen LogP contribution in [0.25, 0.3) is 0 Å². The van der Waals surface area contributed by atoms with E-state index in [0.717, 1.165) is 23.6 Å². The van der Waals surface area contributed by atoms with Crippen LogP contribution in [0.4, 0.5) is 0 Å². The van der Waals surface area contributed by atoms with Crippen molar-refractivity contribution < 1.29 is 14.3 Å². The fourth-order valence-corrected chi connectivity index (χ4v) is 3.35. The van der Waals surface area contributed by atoms with Gasteiger partial charge in [-0.2, -0.15) is 5.10 Å². The number of benzene rings is 1. The lowest BCUT2D eigenvalue weighted by atomic mass is 9.98. The lowest BCUT2D eigenvalue weighted by Gasteiger charge is -2.21. The average Bonchev–Trinajstić information content (AvgIpc) is 2.87. The lowest BCUT2D eigenvalue weighted by molar-refractivity contribution is -0.138. The highest BCUT2D eigenvalue weighted by molar-refractivity contribution is 7.99. The molecule has 2 aliphatic rings. The molecular formula is C13H14N2O3S. The molecule has 2 heterocycles. The van der Waals surface area contributed by atoms with Gasteiger partial charge in [-0.1, -0.05) is 0 Å². The second-order valence-electron chi connectivity index (χ2n) is 4.43. The third kappa shape index (κ3) is 2.46. The number of thioether (sulfide) groups is 1. The number of hydrazone groups is 1. The van der Waals surface area contributed by atoms with E-state index in [2.05, 4.69) is 10.5 Å². The van der Waals surface area contributed by atoms with Crippen molar-refractivity contribution in [3.63, 3.8) is 0 Å². The number of nitrogens with one attached hydrogen (secondary N) is 1. The summed E-state index contributed by atoms with van der Waals surface area (Å²) in [5.41, 5.74) is 5.16. The second-order valence-corrected chi connectivity index (χ2v) is 5.49. The Bertz CT molecular complexity index is 545. The SMILES string of the molecule is COCC(=O)Oc1ccc2c(c1)C1=NNCC1CS2. The molecule has 5 nitrogen and oxygen atoms in total. The van der Waals surface area contributed by atoms with Gasteiger partial charge < -0.3 is 14.9 Å². The standard InChI is InChI=1S/C13H14N2O3S/c1-17-6-12(16)18-9-2-3-11-10(4-9)13-8(7-19-11)5-14-15-13/h2-4,8,14H,5-7H2,1H3. The molecule has 0 fully saturated rings. The predicted octanol–water partition coefficient (Wildman–Crippen LogP) is 1.27. The van der Waals surface area contributed by atoms with Gasteiger partial charge in [-0.3, -0.25) is 0 Å². The molecule has 100 valence electrons. The fourth-order valence-electron chi connectivity index (χ4n) is 2.21. The van der Waals surface area contributed by atoms with Crippen LogP contribution in [0.2, 0.25) is 0 Å². The molecule has 3 rings (SSSR count). The van der Waals surface area contributed by atoms with E-state index >= 15 is 0 Å². The molecule has 0 bridgehead atoms. The van der Waals surface area contributed by atoms with Crippen LogP contribution in [0, 0.1) is 5.92 Å². The number of carbonyl (C=O) groups excluding carboxylic acids is 1. The Hall–Kier alpha value is -1.53. The van der Waals surface area contributed by atoms with Gasteiger partial charge in [0.15, 0.2) is 0 Å². The first-order valence-corrected chi connectivity index (χ1v) is 7.04. The summed E-state index contributed by atoms with van der Waals surface area (Å²) < 4.78 is 9.97. The minimum absolute atomic E-state index is 0.0447. The maximum atomic E-state index is 11.4. The molecule has 6 heteroatoms. The molecule has 0 spiro atoms. The Morgan fingerprint density at radius 1 is 1.58 bits per heavy atom. The van der Waals surface area contributed by atoms with Crippen LogP contribution in [0.15, 0.2) is 28.2 Å². The van der Waals surface area contributed by atoms with Crippen LogP contribution < -0.4 is 10.2 Å². The van der Waals surface area contributed by atoms with Gasteiger partial charge in [0.2, 0.25) is 0 Å². The first kappa shape index (κ1) is 12.5. The Labute approximate surface area is 115 Å². The van der Waals surface area contributed by atoms with Crippen LogP contribution in [0.5, 0.6) is 5.75 Å². The number of hydrogen-bond acceptors (Lipinski definition) is 6. The fraction of sp³-hybridized carbons (Fsp3) is 0.385. The lowest BCUT2D eigenvalue weighted by Crippen LogP contribution is -2.23. The zero-order valence-electron chi connectivity index (χ0n) is 10.5. The minimum atomic E-state index is -0.394. The first-order valence-electron chi connectivity index (χ1n) is 6.05. The molecule has 2 aliphatic heterocycles. The summed E-state index contributed by atoms with van der Waals surface area (Å²) in [5, 5.41) is 4.34. The Balaban J connectivity index is 1.86. The van der Waals surface area contributed by atoms with Crippen molar-refractivity contribution >= 4 is 23.4 Å². The first-order chi connectivity index (χ1) is 9.28. The van der Waals surface area contributed by atoms with Gasteiger partial charge >= 0.3 is 5.97 Å². The van der Waals surface area contributed by atoms with Crippen molar-refractivity contribution in [2.24, 2.45) is 11.0 Å². The molecular weight excluding hydrogens is 264 g/mol. The topological polar surface area (TPSA) is 59.9 Å². The van der Waals surface area contributed by atoms with Crippen molar-refractivity contribution in [1.29, 1.82) is 0 Å². The summed E-state index contributed by atoms with van der Waals surface area (Å²) >= 11 is 1.82. The van der Waals surface area contributed by atoms with Gasteiger partial charge in [-0.05, 0) is 18.2 Å². The molecule has 1 aromatic carbocycles. The largest absolute Gasteiger partial charge is 0.425 e. The summed E-state index contributed by atoms with van der Waals surface area (Å²) in [7, 11) is 1.47. The quantitative estimate of drug-likeness (QED) is 0.666. The summed E-state index contributed by atoms with van der Waals surface area (Å²) in [4.78, 5) is 12.6. The highest BCUT2D eigenvalue weighted by Gasteiger charge is 2.29. The number of nitrogens with zero attached hydrogens (tertiary/aromatic N) is 1. The van der Waals surface area contributed by atoms with Gasteiger partial charge in [-0.25, -0.2) is 4.79 Å². The van der Waals surface area contributed by atoms with E-state index in [9.17, 15) is 4.79 Å². The number of methoxy groups -OCH3 is 1. The molecule has 1 aromatic rings. The third-order valence-corrected chi connectivity index (χ3v) is 4.32. The van der Waals surface area contributed by atoms with Crippen LogP contribution in [0.3, 0.4) is 0 Å². The molecule has 1 N–H and O–H groups in total. The number of fused-ring (bicyclic) bond motifs is 3. The average molecular weight is 278 g/mol. The molecule has 0 saturated heterocycles. The monoisotopic (exact) mass is 278 g/mol. The number of ether oxygens (including phenoxy) is 2. The molecule has 0 saturated carbocycles. The Morgan fingerprint density at radius 2 is 2.47 bits per heavy atom. The molecule has 0 radical (unpaired) electrons. The highest BCUT2D eigenvalue weighted by atomic mass is 32.2. The number of hydrogen-bond donors (Lipinski definition) is 1. The van der Waals surface area contributed by atoms with Crippen LogP contribution in [-0.4, -0.2) is 37.7 Å². The minimum Gasteiger partial charge on any atom is -0.425 e. The molecule has 1 unspecified atom stereocenters. The van der Waals surface area contributed by atoms with Crippen LogP contribution in [0.1, 0.15) is 5.56 Å². The summed E-state index contributed by atoms with van der Waals surface area (Å²) in [6.45, 7) is 0.840. The van der Waals surface area contributed by atoms with Gasteiger partial charge in [-0.15, -0.1) is 11.8 Å². The van der Waals surface area contributed by atoms with E-state index in [4.69, 9.17) is 9.47 Å². The van der Waals surface area contributed by atoms with Gasteiger partial charge in [0, 0.05) is 35.8 Å². The smallest absolute Gasteiger partial charge is 0.337 e. The molecule has 0 aromatic heterocycles. The van der Waals surface area contributed by atoms with E-state index in [1.165, 1.54) is 12.0 Å². The summed E-state index contributed by atoms with van der Waals surface area (Å²) in [6.07, 6.45) is 0. The maximum Gasteiger partial charge on any atom is 0.337 e. The van der Waals surface area contributed by atoms with E-state index < -0.39 is 5.97 Å². The van der Waals surface area contributed by atoms with Gasteiger partial charge in [0.25, 0.3) is 0 Å². The molecule has 0 amide bonds. The maximum absolute atomic E-state index is 11.4. The predicted molar refractivity (Wildman–Crippen MR) is 72.7 cm³/mol. The van der Waals surface area contributed by atoms with E-state index in [-0.39, 0.29) is 6.61 Å².